The number of nitro groups is 1. The van der Waals surface area contributed by atoms with Crippen molar-refractivity contribution < 1.29 is 4.92 Å². The van der Waals surface area contributed by atoms with E-state index < -0.39 is 0 Å². The summed E-state index contributed by atoms with van der Waals surface area (Å²) >= 11 is 3.42. The smallest absolute Gasteiger partial charge is 0.214 e. The molecule has 0 saturated carbocycles. The topological polar surface area (TPSA) is 48.1 Å². The maximum atomic E-state index is 11.3. The maximum absolute atomic E-state index is 11.3. The third-order valence-electron chi connectivity index (χ3n) is 4.40. The first-order valence-corrected chi connectivity index (χ1v) is 8.19. The number of nitrogens with zero attached hydrogens (tertiary/aromatic N) is 2. The number of hydrogen-bond donors (Lipinski definition) is 0. The fourth-order valence-electron chi connectivity index (χ4n) is 3.20. The van der Waals surface area contributed by atoms with E-state index in [2.05, 4.69) is 26.6 Å². The molecule has 0 bridgehead atoms. The lowest BCUT2D eigenvalue weighted by atomic mass is 9.89. The van der Waals surface area contributed by atoms with Crippen LogP contribution in [0.2, 0.25) is 0 Å². The number of hydrogen-bond acceptors (Lipinski definition) is 2. The van der Waals surface area contributed by atoms with Crippen LogP contribution in [0.4, 0.5) is 0 Å². The van der Waals surface area contributed by atoms with Gasteiger partial charge in [-0.1, -0.05) is 46.3 Å². The third-order valence-corrected chi connectivity index (χ3v) is 4.93. The van der Waals surface area contributed by atoms with E-state index in [0.717, 1.165) is 32.2 Å². The fourth-order valence-corrected chi connectivity index (χ4v) is 3.46. The predicted molar refractivity (Wildman–Crippen MR) is 95.5 cm³/mol. The number of benzene rings is 2. The summed E-state index contributed by atoms with van der Waals surface area (Å²) in [4.78, 5) is 11.0. The highest BCUT2D eigenvalue weighted by Crippen LogP contribution is 2.35. The van der Waals surface area contributed by atoms with Crippen LogP contribution in [0, 0.1) is 17.0 Å². The van der Waals surface area contributed by atoms with Crippen LogP contribution in [-0.2, 0) is 7.05 Å². The molecule has 0 aliphatic heterocycles. The van der Waals surface area contributed by atoms with Crippen molar-refractivity contribution in [1.29, 1.82) is 0 Å². The second kappa shape index (κ2) is 6.16. The number of aryl methyl sites for hydroxylation is 1. The molecule has 0 spiro atoms. The standard InChI is InChI=1S/C18H17BrN2O2/c1-12-18(15-5-3-4-6-17(15)20(12)2)16(11-21(22)23)13-7-9-14(19)10-8-13/h3-10,16H,11H2,1-2H3. The zero-order valence-electron chi connectivity index (χ0n) is 13.0. The highest BCUT2D eigenvalue weighted by Gasteiger charge is 2.26. The van der Waals surface area contributed by atoms with E-state index in [1.165, 1.54) is 0 Å². The quantitative estimate of drug-likeness (QED) is 0.493. The summed E-state index contributed by atoms with van der Waals surface area (Å²) in [6.45, 7) is 1.91. The highest BCUT2D eigenvalue weighted by molar-refractivity contribution is 9.10. The molecule has 3 aromatic rings. The average Bonchev–Trinajstić information content (AvgIpc) is 2.78. The minimum absolute atomic E-state index is 0.115. The van der Waals surface area contributed by atoms with Gasteiger partial charge in [0.1, 0.15) is 0 Å². The molecule has 0 aliphatic carbocycles. The van der Waals surface area contributed by atoms with E-state index in [9.17, 15) is 10.1 Å². The zero-order chi connectivity index (χ0) is 16.6. The number of halogens is 1. The molecule has 0 fully saturated rings. The van der Waals surface area contributed by atoms with Crippen molar-refractivity contribution in [3.63, 3.8) is 0 Å². The highest BCUT2D eigenvalue weighted by atomic mass is 79.9. The van der Waals surface area contributed by atoms with Crippen LogP contribution in [-0.4, -0.2) is 16.0 Å². The monoisotopic (exact) mass is 372 g/mol. The average molecular weight is 373 g/mol. The van der Waals surface area contributed by atoms with Gasteiger partial charge >= 0.3 is 0 Å². The van der Waals surface area contributed by atoms with Crippen LogP contribution in [0.1, 0.15) is 22.7 Å². The second-order valence-corrected chi connectivity index (χ2v) is 6.61. The van der Waals surface area contributed by atoms with Crippen LogP contribution in [0.25, 0.3) is 10.9 Å². The molecule has 0 N–H and O–H groups in total. The van der Waals surface area contributed by atoms with Crippen molar-refractivity contribution in [3.8, 4) is 0 Å². The first-order valence-electron chi connectivity index (χ1n) is 7.40. The van der Waals surface area contributed by atoms with Crippen LogP contribution in [0.15, 0.2) is 53.0 Å². The number of rotatable bonds is 4. The molecule has 0 aliphatic rings. The van der Waals surface area contributed by atoms with Crippen molar-refractivity contribution in [2.75, 3.05) is 6.54 Å². The lowest BCUT2D eigenvalue weighted by Gasteiger charge is -2.15. The Kier molecular flexibility index (Phi) is 4.22. The minimum atomic E-state index is -0.260. The Morgan fingerprint density at radius 2 is 1.83 bits per heavy atom. The van der Waals surface area contributed by atoms with Crippen molar-refractivity contribution in [2.45, 2.75) is 12.8 Å². The predicted octanol–water partition coefficient (Wildman–Crippen LogP) is 4.66. The van der Waals surface area contributed by atoms with Gasteiger partial charge in [-0.05, 0) is 36.2 Å². The number of fused-ring (bicyclic) bond motifs is 1. The van der Waals surface area contributed by atoms with Crippen LogP contribution in [0.5, 0.6) is 0 Å². The van der Waals surface area contributed by atoms with Gasteiger partial charge in [0.25, 0.3) is 0 Å². The largest absolute Gasteiger partial charge is 0.348 e. The summed E-state index contributed by atoms with van der Waals surface area (Å²) in [6, 6.07) is 15.9. The molecule has 0 saturated heterocycles. The summed E-state index contributed by atoms with van der Waals surface area (Å²) in [5, 5.41) is 12.4. The first-order chi connectivity index (χ1) is 11.0. The Balaban J connectivity index is 2.23. The van der Waals surface area contributed by atoms with Crippen LogP contribution >= 0.6 is 15.9 Å². The lowest BCUT2D eigenvalue weighted by molar-refractivity contribution is -0.481. The van der Waals surface area contributed by atoms with Gasteiger partial charge < -0.3 is 4.57 Å². The molecule has 23 heavy (non-hydrogen) atoms. The Morgan fingerprint density at radius 1 is 1.17 bits per heavy atom. The summed E-state index contributed by atoms with van der Waals surface area (Å²) < 4.78 is 3.08. The molecule has 1 atom stereocenters. The number of para-hydroxylation sites is 1. The molecule has 0 radical (unpaired) electrons. The maximum Gasteiger partial charge on any atom is 0.214 e. The normalized spacial score (nSPS) is 12.5. The zero-order valence-corrected chi connectivity index (χ0v) is 14.6. The van der Waals surface area contributed by atoms with Gasteiger partial charge in [0, 0.05) is 33.0 Å². The van der Waals surface area contributed by atoms with Gasteiger partial charge in [0.05, 0.1) is 5.92 Å². The summed E-state index contributed by atoms with van der Waals surface area (Å²) in [5.74, 6) is -0.260. The Labute approximate surface area is 143 Å². The van der Waals surface area contributed by atoms with E-state index >= 15 is 0 Å². The lowest BCUT2D eigenvalue weighted by Crippen LogP contribution is -2.15. The molecule has 2 aromatic carbocycles. The number of aromatic nitrogens is 1. The van der Waals surface area contributed by atoms with Crippen molar-refractivity contribution >= 4 is 26.8 Å². The first kappa shape index (κ1) is 15.7. The molecule has 0 amide bonds. The van der Waals surface area contributed by atoms with Crippen LogP contribution < -0.4 is 0 Å². The summed E-state index contributed by atoms with van der Waals surface area (Å²) in [7, 11) is 2.01. The molecule has 5 heteroatoms. The summed E-state index contributed by atoms with van der Waals surface area (Å²) in [6.07, 6.45) is 0. The van der Waals surface area contributed by atoms with E-state index in [1.54, 1.807) is 0 Å². The van der Waals surface area contributed by atoms with Gasteiger partial charge in [-0.25, -0.2) is 0 Å². The van der Waals surface area contributed by atoms with Gasteiger partial charge in [-0.15, -0.1) is 0 Å². The van der Waals surface area contributed by atoms with E-state index in [1.807, 2.05) is 56.4 Å². The minimum Gasteiger partial charge on any atom is -0.348 e. The van der Waals surface area contributed by atoms with E-state index in [0.29, 0.717) is 0 Å². The fraction of sp³-hybridized carbons (Fsp3) is 0.222. The molecular weight excluding hydrogens is 356 g/mol. The Hall–Kier alpha value is -2.14. The SMILES string of the molecule is Cc1c(C(C[N+](=O)[O-])c2ccc(Br)cc2)c2ccccc2n1C. The molecule has 118 valence electrons. The molecule has 1 unspecified atom stereocenters. The van der Waals surface area contributed by atoms with E-state index in [4.69, 9.17) is 0 Å². The van der Waals surface area contributed by atoms with Crippen LogP contribution in [0.3, 0.4) is 0 Å². The Bertz CT molecular complexity index is 869. The third kappa shape index (κ3) is 2.88. The summed E-state index contributed by atoms with van der Waals surface area (Å²) in [5.41, 5.74) is 4.18. The van der Waals surface area contributed by atoms with Gasteiger partial charge in [0.2, 0.25) is 6.54 Å². The molecule has 3 rings (SSSR count). The molecule has 1 aromatic heterocycles. The van der Waals surface area contributed by atoms with Crippen molar-refractivity contribution in [1.82, 2.24) is 4.57 Å². The molecule has 1 heterocycles. The Morgan fingerprint density at radius 3 is 2.48 bits per heavy atom. The molecule has 4 nitrogen and oxygen atoms in total. The van der Waals surface area contributed by atoms with Crippen molar-refractivity contribution in [3.05, 3.63) is 79.9 Å². The molecular formula is C18H17BrN2O2. The second-order valence-electron chi connectivity index (χ2n) is 5.69. The van der Waals surface area contributed by atoms with Gasteiger partial charge in [-0.2, -0.15) is 0 Å². The van der Waals surface area contributed by atoms with Gasteiger partial charge in [-0.3, -0.25) is 10.1 Å². The van der Waals surface area contributed by atoms with Gasteiger partial charge in [0.15, 0.2) is 0 Å². The van der Waals surface area contributed by atoms with Crippen molar-refractivity contribution in [2.24, 2.45) is 7.05 Å². The van der Waals surface area contributed by atoms with E-state index in [-0.39, 0.29) is 17.4 Å².